The molecule has 2 saturated heterocycles. The minimum Gasteiger partial charge on any atom is -0.381 e. The molecule has 5 rings (SSSR count). The van der Waals surface area contributed by atoms with E-state index in [1.54, 1.807) is 0 Å². The van der Waals surface area contributed by atoms with E-state index < -0.39 is 0 Å². The number of piperidine rings is 1. The zero-order valence-electron chi connectivity index (χ0n) is 20.5. The van der Waals surface area contributed by atoms with Crippen molar-refractivity contribution in [2.24, 2.45) is 5.92 Å². The van der Waals surface area contributed by atoms with Gasteiger partial charge in [0.25, 0.3) is 0 Å². The number of likely N-dealkylation sites (N-methyl/N-ethyl adjacent to an activating group) is 1. The maximum atomic E-state index is 13.9. The highest BCUT2D eigenvalue weighted by atomic mass is 16.5. The molecule has 2 aromatic heterocycles. The van der Waals surface area contributed by atoms with Gasteiger partial charge >= 0.3 is 0 Å². The van der Waals surface area contributed by atoms with Crippen LogP contribution in [0.5, 0.6) is 0 Å². The number of likely N-dealkylation sites (tertiary alicyclic amines) is 1. The summed E-state index contributed by atoms with van der Waals surface area (Å²) in [5.74, 6) is 1.03. The molecule has 2 fully saturated rings. The molecule has 2 aromatic rings. The fourth-order valence-corrected chi connectivity index (χ4v) is 5.54. The van der Waals surface area contributed by atoms with E-state index in [-0.39, 0.29) is 23.8 Å². The number of nitrogens with one attached hydrogen (secondary N) is 1. The maximum Gasteiger partial charge on any atom is 0.227 e. The van der Waals surface area contributed by atoms with Gasteiger partial charge in [0.15, 0.2) is 0 Å². The molecular weight excluding hydrogens is 428 g/mol. The Labute approximate surface area is 202 Å². The first-order chi connectivity index (χ1) is 16.5. The Morgan fingerprint density at radius 3 is 2.74 bits per heavy atom. The van der Waals surface area contributed by atoms with Crippen LogP contribution < -0.4 is 5.32 Å². The molecule has 8 heteroatoms. The minimum atomic E-state index is -0.0358. The summed E-state index contributed by atoms with van der Waals surface area (Å²) in [4.78, 5) is 32.2. The molecule has 5 heterocycles. The van der Waals surface area contributed by atoms with Crippen LogP contribution in [-0.2, 0) is 22.5 Å². The molecule has 34 heavy (non-hydrogen) atoms. The number of aryl methyl sites for hydroxylation is 1. The van der Waals surface area contributed by atoms with Gasteiger partial charge in [-0.1, -0.05) is 6.07 Å². The summed E-state index contributed by atoms with van der Waals surface area (Å²) in [6, 6.07) is 4.67. The molecule has 8 nitrogen and oxygen atoms in total. The average molecular weight is 465 g/mol. The Morgan fingerprint density at radius 1 is 1.15 bits per heavy atom. The highest BCUT2D eigenvalue weighted by Crippen LogP contribution is 2.35. The second-order valence-corrected chi connectivity index (χ2v) is 10.2. The van der Waals surface area contributed by atoms with Crippen LogP contribution in [0.25, 0.3) is 0 Å². The van der Waals surface area contributed by atoms with Gasteiger partial charge in [0.2, 0.25) is 11.9 Å². The van der Waals surface area contributed by atoms with E-state index in [0.29, 0.717) is 18.5 Å². The van der Waals surface area contributed by atoms with Gasteiger partial charge in [-0.05, 0) is 70.3 Å². The average Bonchev–Trinajstić information content (AvgIpc) is 2.84. The molecule has 1 N–H and O–H groups in total. The summed E-state index contributed by atoms with van der Waals surface area (Å²) in [6.45, 7) is 8.05. The van der Waals surface area contributed by atoms with Gasteiger partial charge < -0.3 is 19.9 Å². The Morgan fingerprint density at radius 2 is 1.97 bits per heavy atom. The molecule has 182 valence electrons. The number of aromatic nitrogens is 3. The number of anilines is 1. The highest BCUT2D eigenvalue weighted by Gasteiger charge is 2.39. The molecule has 0 saturated carbocycles. The van der Waals surface area contributed by atoms with Crippen LogP contribution in [0.15, 0.2) is 24.5 Å². The monoisotopic (exact) mass is 464 g/mol. The van der Waals surface area contributed by atoms with Crippen molar-refractivity contribution in [2.45, 2.75) is 64.1 Å². The van der Waals surface area contributed by atoms with Gasteiger partial charge in [0, 0.05) is 61.8 Å². The molecule has 0 aromatic carbocycles. The van der Waals surface area contributed by atoms with Gasteiger partial charge in [0.05, 0.1) is 12.2 Å². The zero-order valence-corrected chi connectivity index (χ0v) is 20.5. The molecule has 3 atom stereocenters. The number of hydrogen-bond acceptors (Lipinski definition) is 7. The third kappa shape index (κ3) is 4.93. The summed E-state index contributed by atoms with van der Waals surface area (Å²) in [5.41, 5.74) is 4.28. The zero-order chi connectivity index (χ0) is 23.7. The van der Waals surface area contributed by atoms with Crippen LogP contribution in [0, 0.1) is 12.8 Å². The van der Waals surface area contributed by atoms with Gasteiger partial charge in [-0.25, -0.2) is 9.97 Å². The van der Waals surface area contributed by atoms with Gasteiger partial charge in [-0.2, -0.15) is 0 Å². The molecular formula is C26H36N6O2. The molecule has 0 bridgehead atoms. The quantitative estimate of drug-likeness (QED) is 0.745. The minimum absolute atomic E-state index is 0.0358. The largest absolute Gasteiger partial charge is 0.381 e. The lowest BCUT2D eigenvalue weighted by molar-refractivity contribution is -0.141. The lowest BCUT2D eigenvalue weighted by Gasteiger charge is -2.41. The summed E-state index contributed by atoms with van der Waals surface area (Å²) >= 11 is 0. The molecule has 0 spiro atoms. The first-order valence-corrected chi connectivity index (χ1v) is 12.6. The van der Waals surface area contributed by atoms with Crippen LogP contribution in [-0.4, -0.2) is 76.1 Å². The normalized spacial score (nSPS) is 26.2. The van der Waals surface area contributed by atoms with E-state index in [1.165, 1.54) is 0 Å². The van der Waals surface area contributed by atoms with E-state index >= 15 is 0 Å². The number of carbonyl (C=O) groups excluding carboxylic acids is 1. The third-order valence-corrected chi connectivity index (χ3v) is 7.65. The number of nitrogens with zero attached hydrogens (tertiary/aromatic N) is 5. The fourth-order valence-electron chi connectivity index (χ4n) is 5.54. The summed E-state index contributed by atoms with van der Waals surface area (Å²) in [5, 5.41) is 3.47. The van der Waals surface area contributed by atoms with Crippen molar-refractivity contribution in [1.29, 1.82) is 0 Å². The van der Waals surface area contributed by atoms with E-state index in [9.17, 15) is 4.79 Å². The van der Waals surface area contributed by atoms with Crippen molar-refractivity contribution >= 4 is 11.9 Å². The van der Waals surface area contributed by atoms with Crippen LogP contribution in [0.1, 0.15) is 54.6 Å². The van der Waals surface area contributed by atoms with Crippen molar-refractivity contribution in [1.82, 2.24) is 24.8 Å². The lowest BCUT2D eigenvalue weighted by atomic mass is 9.79. The Hall–Kier alpha value is -2.58. The van der Waals surface area contributed by atoms with Gasteiger partial charge in [-0.3, -0.25) is 9.78 Å². The van der Waals surface area contributed by atoms with Crippen molar-refractivity contribution in [2.75, 3.05) is 38.7 Å². The number of ether oxygens (including phenoxy) is 1. The Bertz CT molecular complexity index is 1010. The summed E-state index contributed by atoms with van der Waals surface area (Å²) in [6.07, 6.45) is 7.49. The topological polar surface area (TPSA) is 83.5 Å². The predicted molar refractivity (Wildman–Crippen MR) is 131 cm³/mol. The Kier molecular flexibility index (Phi) is 6.79. The molecule has 3 aliphatic heterocycles. The first-order valence-electron chi connectivity index (χ1n) is 12.6. The van der Waals surface area contributed by atoms with Crippen molar-refractivity contribution in [3.63, 3.8) is 0 Å². The van der Waals surface area contributed by atoms with Crippen LogP contribution >= 0.6 is 0 Å². The van der Waals surface area contributed by atoms with Gasteiger partial charge in [-0.15, -0.1) is 0 Å². The van der Waals surface area contributed by atoms with E-state index in [1.807, 2.05) is 19.3 Å². The van der Waals surface area contributed by atoms with Crippen molar-refractivity contribution in [3.05, 3.63) is 47.0 Å². The molecule has 0 radical (unpaired) electrons. The number of amides is 1. The van der Waals surface area contributed by atoms with E-state index in [0.717, 1.165) is 74.5 Å². The van der Waals surface area contributed by atoms with E-state index in [4.69, 9.17) is 9.72 Å². The number of carbonyl (C=O) groups is 1. The highest BCUT2D eigenvalue weighted by molar-refractivity contribution is 5.80. The molecule has 1 amide bonds. The first kappa shape index (κ1) is 23.2. The SMILES string of the molecule is Cc1ccc([C@@H]2CN(C)CC[C@H]2C(=O)N2Cc3nc(NC4CCOCC4)ncc3C[C@H]2C)cn1. The third-order valence-electron chi connectivity index (χ3n) is 7.65. The summed E-state index contributed by atoms with van der Waals surface area (Å²) < 4.78 is 5.46. The van der Waals surface area contributed by atoms with Crippen LogP contribution in [0.2, 0.25) is 0 Å². The van der Waals surface area contributed by atoms with Gasteiger partial charge in [0.1, 0.15) is 0 Å². The Balaban J connectivity index is 1.34. The standard InChI is InChI=1S/C26H36N6O2/c1-17-4-5-19(13-27-17)23-15-31(3)9-6-22(23)25(33)32-16-24-20(12-18(32)2)14-28-26(30-24)29-21-7-10-34-11-8-21/h4-5,13-14,18,21-23H,6-12,15-16H2,1-3H3,(H,28,29,30)/t18-,22-,23+/m1/s1. The second-order valence-electron chi connectivity index (χ2n) is 10.2. The molecule has 0 aliphatic carbocycles. The van der Waals surface area contributed by atoms with Crippen molar-refractivity contribution in [3.8, 4) is 0 Å². The number of fused-ring (bicyclic) bond motifs is 1. The fraction of sp³-hybridized carbons (Fsp3) is 0.615. The number of hydrogen-bond donors (Lipinski definition) is 1. The second kappa shape index (κ2) is 9.96. The van der Waals surface area contributed by atoms with Crippen molar-refractivity contribution < 1.29 is 9.53 Å². The van der Waals surface area contributed by atoms with E-state index in [2.05, 4.69) is 51.2 Å². The predicted octanol–water partition coefficient (Wildman–Crippen LogP) is 2.78. The molecule has 0 unspecified atom stereocenters. The van der Waals surface area contributed by atoms with Crippen LogP contribution in [0.4, 0.5) is 5.95 Å². The number of rotatable bonds is 4. The number of pyridine rings is 1. The smallest absolute Gasteiger partial charge is 0.227 e. The molecule has 3 aliphatic rings. The maximum absolute atomic E-state index is 13.9. The summed E-state index contributed by atoms with van der Waals surface area (Å²) in [7, 11) is 2.14. The van der Waals surface area contributed by atoms with Crippen LogP contribution in [0.3, 0.4) is 0 Å². The lowest BCUT2D eigenvalue weighted by Crippen LogP contribution is -2.50.